The van der Waals surface area contributed by atoms with Crippen molar-refractivity contribution in [2.75, 3.05) is 13.2 Å². The zero-order valence-corrected chi connectivity index (χ0v) is 41.6. The van der Waals surface area contributed by atoms with Gasteiger partial charge in [-0.15, -0.1) is 0 Å². The van der Waals surface area contributed by atoms with Gasteiger partial charge in [-0.2, -0.15) is 0 Å². The maximum absolute atomic E-state index is 12.8. The van der Waals surface area contributed by atoms with Gasteiger partial charge < -0.3 is 18.3 Å². The lowest BCUT2D eigenvalue weighted by molar-refractivity contribution is -0.128. The van der Waals surface area contributed by atoms with Gasteiger partial charge in [0.1, 0.15) is 11.2 Å². The van der Waals surface area contributed by atoms with Gasteiger partial charge in [-0.25, -0.2) is 14.5 Å². The smallest absolute Gasteiger partial charge is 0.417 e. The van der Waals surface area contributed by atoms with Crippen molar-refractivity contribution >= 4 is 55.5 Å². The average molecular weight is 891 g/mol. The van der Waals surface area contributed by atoms with Gasteiger partial charge in [0.15, 0.2) is 0 Å². The van der Waals surface area contributed by atoms with E-state index in [1.165, 1.54) is 25.6 Å². The summed E-state index contributed by atoms with van der Waals surface area (Å²) >= 11 is 0. The number of likely N-dealkylation sites (tertiary alicyclic amines) is 1. The predicted octanol–water partition coefficient (Wildman–Crippen LogP) is 9.58. The van der Waals surface area contributed by atoms with Crippen LogP contribution >= 0.6 is 0 Å². The van der Waals surface area contributed by atoms with Crippen LogP contribution in [-0.2, 0) is 23.1 Å². The molecule has 2 aliphatic rings. The van der Waals surface area contributed by atoms with Gasteiger partial charge in [0.2, 0.25) is 5.91 Å². The molecule has 0 N–H and O–H groups in total. The second kappa shape index (κ2) is 19.9. The van der Waals surface area contributed by atoms with Crippen LogP contribution in [0.2, 0.25) is 10.1 Å². The van der Waals surface area contributed by atoms with E-state index >= 15 is 0 Å². The highest BCUT2D eigenvalue weighted by Gasteiger charge is 2.52. The topological polar surface area (TPSA) is 94.6 Å². The fraction of sp³-hybridized carbons (Fsp3) is 0.442. The first-order valence-corrected chi connectivity index (χ1v) is 26.0. The highest BCUT2D eigenvalue weighted by atomic mass is 28.4. The molecule has 2 heterocycles. The molecule has 2 atom stereocenters. The summed E-state index contributed by atoms with van der Waals surface area (Å²) < 4.78 is 25.1. The number of carbonyl (C=O) groups is 3. The first-order valence-electron chi connectivity index (χ1n) is 22.2. The van der Waals surface area contributed by atoms with E-state index in [1.54, 1.807) is 25.7 Å². The van der Waals surface area contributed by atoms with Crippen LogP contribution in [0.5, 0.6) is 0 Å². The maximum atomic E-state index is 12.8. The molecule has 1 saturated heterocycles. The number of nitrogens with zero attached hydrogens (tertiary/aromatic N) is 2. The molecule has 0 spiro atoms. The van der Waals surface area contributed by atoms with Crippen molar-refractivity contribution in [1.29, 1.82) is 0 Å². The average Bonchev–Trinajstić information content (AvgIpc) is 3.84. The molecule has 63 heavy (non-hydrogen) atoms. The molecule has 1 fully saturated rings. The van der Waals surface area contributed by atoms with Gasteiger partial charge in [-0.3, -0.25) is 9.69 Å². The molecule has 9 nitrogen and oxygen atoms in total. The summed E-state index contributed by atoms with van der Waals surface area (Å²) in [7, 11) is -5.37. The summed E-state index contributed by atoms with van der Waals surface area (Å²) in [5.74, 6) is -0.199. The first-order chi connectivity index (χ1) is 29.5. The van der Waals surface area contributed by atoms with E-state index in [9.17, 15) is 14.4 Å². The van der Waals surface area contributed by atoms with Gasteiger partial charge in [-0.05, 0) is 85.2 Å². The van der Waals surface area contributed by atoms with E-state index in [4.69, 9.17) is 18.3 Å². The van der Waals surface area contributed by atoms with Crippen molar-refractivity contribution < 1.29 is 32.7 Å². The lowest BCUT2D eigenvalue weighted by Crippen LogP contribution is -2.67. The molecule has 4 aromatic rings. The predicted molar refractivity (Wildman–Crippen MR) is 259 cm³/mol. The molecule has 3 amide bonds. The Bertz CT molecular complexity index is 2060. The number of carbonyl (C=O) groups excluding carboxylic acids is 3. The van der Waals surface area contributed by atoms with Crippen molar-refractivity contribution in [3.8, 4) is 0 Å². The number of amides is 3. The minimum absolute atomic E-state index is 0.0727. The van der Waals surface area contributed by atoms with Crippen molar-refractivity contribution in [1.82, 2.24) is 9.80 Å². The summed E-state index contributed by atoms with van der Waals surface area (Å²) in [4.78, 5) is 41.0. The molecule has 338 valence electrons. The van der Waals surface area contributed by atoms with E-state index in [-0.39, 0.29) is 40.8 Å². The summed E-state index contributed by atoms with van der Waals surface area (Å²) in [6, 6.07) is 41.5. The quantitative estimate of drug-likeness (QED) is 0.147. The Morgan fingerprint density at radius 2 is 0.889 bits per heavy atom. The Kier molecular flexibility index (Phi) is 15.6. The first kappa shape index (κ1) is 49.2. The molecule has 0 bridgehead atoms. The van der Waals surface area contributed by atoms with Crippen LogP contribution in [0, 0.1) is 0 Å². The van der Waals surface area contributed by atoms with E-state index < -0.39 is 33.9 Å². The zero-order chi connectivity index (χ0) is 46.3. The van der Waals surface area contributed by atoms with Crippen LogP contribution in [0.1, 0.15) is 102 Å². The van der Waals surface area contributed by atoms with E-state index in [0.717, 1.165) is 6.42 Å². The maximum Gasteiger partial charge on any atom is 0.417 e. The second-order valence-electron chi connectivity index (χ2n) is 20.5. The van der Waals surface area contributed by atoms with E-state index in [2.05, 4.69) is 114 Å². The Hall–Kier alpha value is -4.82. The van der Waals surface area contributed by atoms with Crippen molar-refractivity contribution in [2.24, 2.45) is 0 Å². The zero-order valence-electron chi connectivity index (χ0n) is 39.6. The number of ether oxygens (including phenoxy) is 2. The van der Waals surface area contributed by atoms with Crippen LogP contribution in [0.3, 0.4) is 0 Å². The molecule has 0 saturated carbocycles. The van der Waals surface area contributed by atoms with Crippen molar-refractivity contribution in [2.45, 2.75) is 136 Å². The van der Waals surface area contributed by atoms with Gasteiger partial charge in [-0.1, -0.05) is 169 Å². The lowest BCUT2D eigenvalue weighted by Gasteiger charge is -2.44. The minimum atomic E-state index is -2.74. The molecular weight excluding hydrogens is 821 g/mol. The molecule has 2 aliphatic heterocycles. The molecule has 0 aromatic heterocycles. The highest BCUT2D eigenvalue weighted by molar-refractivity contribution is 7.00. The third kappa shape index (κ3) is 11.7. The van der Waals surface area contributed by atoms with Crippen LogP contribution < -0.4 is 20.7 Å². The fourth-order valence-electron chi connectivity index (χ4n) is 8.67. The number of benzene rings is 4. The summed E-state index contributed by atoms with van der Waals surface area (Å²) in [6.45, 7) is 25.2. The lowest BCUT2D eigenvalue weighted by atomic mass is 10.2. The number of imide groups is 1. The Morgan fingerprint density at radius 1 is 0.540 bits per heavy atom. The number of hydrogen-bond acceptors (Lipinski definition) is 7. The van der Waals surface area contributed by atoms with Gasteiger partial charge >= 0.3 is 12.2 Å². The summed E-state index contributed by atoms with van der Waals surface area (Å²) in [5.41, 5.74) is -1.19. The highest BCUT2D eigenvalue weighted by Crippen LogP contribution is 2.39. The van der Waals surface area contributed by atoms with Crippen molar-refractivity contribution in [3.05, 3.63) is 134 Å². The van der Waals surface area contributed by atoms with Gasteiger partial charge in [0, 0.05) is 12.6 Å². The summed E-state index contributed by atoms with van der Waals surface area (Å²) in [5, 5.41) is 4.55. The summed E-state index contributed by atoms with van der Waals surface area (Å²) in [6.07, 6.45) is 4.60. The van der Waals surface area contributed by atoms with Crippen LogP contribution in [-0.4, -0.2) is 81.0 Å². The molecule has 6 rings (SSSR count). The largest absolute Gasteiger partial charge is 0.443 e. The van der Waals surface area contributed by atoms with Crippen LogP contribution in [0.25, 0.3) is 0 Å². The normalized spacial score (nSPS) is 17.3. The Balaban J connectivity index is 0.000000238. The fourth-order valence-corrected chi connectivity index (χ4v) is 17.9. The van der Waals surface area contributed by atoms with Crippen LogP contribution in [0.4, 0.5) is 9.59 Å². The van der Waals surface area contributed by atoms with Gasteiger partial charge in [0.05, 0.1) is 25.3 Å². The SMILES string of the molecule is CC(C)(C)OC(=O)N1C(=O)CC[C@H]1CO[Si](c1ccccc1)(c1ccccc1)C(C)(C)C.CC(C)(C)OC(=O)N1C=CC[C@H]1CO[Si](c1ccccc1)(c1ccccc1)C(C)(C)C. The van der Waals surface area contributed by atoms with Gasteiger partial charge in [0.25, 0.3) is 16.6 Å². The second-order valence-corrected chi connectivity index (χ2v) is 29.2. The standard InChI is InChI=1S/C26H35NO4Si.C26H35NO3Si/c1-25(2,3)31-24(29)27-20(17-18-23(27)28)19-30-32(26(4,5)6,21-13-9-7-10-14-21)22-15-11-8-12-16-22;1-25(2,3)30-24(28)27-19-13-14-21(27)20-29-31(26(4,5)6,22-15-9-7-10-16-22)23-17-11-8-12-18-23/h7-16,20H,17-19H2,1-6H3;7-13,15-19,21H,14,20H2,1-6H3/t20-;21-/m00/s1. The Morgan fingerprint density at radius 3 is 1.24 bits per heavy atom. The molecular formula is C52H70N2O7Si2. The van der Waals surface area contributed by atoms with E-state index in [1.807, 2.05) is 81.6 Å². The molecule has 0 radical (unpaired) electrons. The molecule has 4 aromatic carbocycles. The molecule has 11 heteroatoms. The third-order valence-electron chi connectivity index (χ3n) is 11.4. The third-order valence-corrected chi connectivity index (χ3v) is 21.4. The van der Waals surface area contributed by atoms with E-state index in [0.29, 0.717) is 19.4 Å². The van der Waals surface area contributed by atoms with Crippen LogP contribution in [0.15, 0.2) is 134 Å². The minimum Gasteiger partial charge on any atom is -0.443 e. The number of rotatable bonds is 10. The van der Waals surface area contributed by atoms with Crippen molar-refractivity contribution in [3.63, 3.8) is 0 Å². The monoisotopic (exact) mass is 890 g/mol. The molecule has 0 unspecified atom stereocenters. The number of hydrogen-bond donors (Lipinski definition) is 0. The molecule has 0 aliphatic carbocycles. The Labute approximate surface area is 379 Å².